The van der Waals surface area contributed by atoms with E-state index >= 15 is 0 Å². The highest BCUT2D eigenvalue weighted by Gasteiger charge is 2.02. The van der Waals surface area contributed by atoms with Crippen LogP contribution in [0.2, 0.25) is 0 Å². The van der Waals surface area contributed by atoms with Crippen molar-refractivity contribution in [3.63, 3.8) is 0 Å². The quantitative estimate of drug-likeness (QED) is 0.740. The third-order valence-corrected chi connectivity index (χ3v) is 2.94. The number of phenolic OH excluding ortho intramolecular Hbond substituents is 1. The van der Waals surface area contributed by atoms with Crippen LogP contribution in [0.1, 0.15) is 0 Å². The Hall–Kier alpha value is -0.360. The molecule has 0 aliphatic heterocycles. The van der Waals surface area contributed by atoms with Gasteiger partial charge < -0.3 is 5.11 Å². The molecule has 0 aliphatic rings. The summed E-state index contributed by atoms with van der Waals surface area (Å²) in [6.07, 6.45) is 1.75. The van der Waals surface area contributed by atoms with E-state index in [1.807, 2.05) is 6.07 Å². The summed E-state index contributed by atoms with van der Waals surface area (Å²) in [4.78, 5) is 4.26. The first-order chi connectivity index (χ1) is 6.16. The van der Waals surface area contributed by atoms with Gasteiger partial charge in [-0.3, -0.25) is 4.98 Å². The van der Waals surface area contributed by atoms with Gasteiger partial charge >= 0.3 is 0 Å². The Morgan fingerprint density at radius 3 is 2.85 bits per heavy atom. The summed E-state index contributed by atoms with van der Waals surface area (Å²) in [5.74, 6) is 0.275. The van der Waals surface area contributed by atoms with Crippen molar-refractivity contribution in [3.05, 3.63) is 32.4 Å². The van der Waals surface area contributed by atoms with E-state index in [2.05, 4.69) is 43.5 Å². The summed E-state index contributed by atoms with van der Waals surface area (Å²) in [5.41, 5.74) is 0.918. The van der Waals surface area contributed by atoms with Gasteiger partial charge in [-0.25, -0.2) is 0 Å². The number of aromatic hydroxyl groups is 1. The molecule has 4 heteroatoms. The van der Waals surface area contributed by atoms with Crippen molar-refractivity contribution in [1.82, 2.24) is 4.98 Å². The second kappa shape index (κ2) is 3.42. The lowest BCUT2D eigenvalue weighted by Gasteiger charge is -2.01. The molecule has 2 nitrogen and oxygen atoms in total. The summed E-state index contributed by atoms with van der Waals surface area (Å²) in [7, 11) is 0. The zero-order valence-corrected chi connectivity index (χ0v) is 10.2. The van der Waals surface area contributed by atoms with E-state index in [4.69, 9.17) is 0 Å². The number of nitrogens with zero attached hydrogens (tertiary/aromatic N) is 1. The number of pyridine rings is 1. The first kappa shape index (κ1) is 9.21. The van der Waals surface area contributed by atoms with Crippen LogP contribution in [0.4, 0.5) is 0 Å². The molecule has 2 rings (SSSR count). The fourth-order valence-electron chi connectivity index (χ4n) is 1.16. The van der Waals surface area contributed by atoms with Gasteiger partial charge in [0.25, 0.3) is 0 Å². The minimum absolute atomic E-state index is 0.275. The van der Waals surface area contributed by atoms with Crippen LogP contribution in [-0.4, -0.2) is 10.1 Å². The monoisotopic (exact) mass is 349 g/mol. The topological polar surface area (TPSA) is 33.1 Å². The highest BCUT2D eigenvalue weighted by molar-refractivity contribution is 14.1. The number of rotatable bonds is 0. The molecule has 1 aromatic heterocycles. The maximum absolute atomic E-state index is 9.35. The lowest BCUT2D eigenvalue weighted by Crippen LogP contribution is -1.82. The zero-order valence-electron chi connectivity index (χ0n) is 6.46. The summed E-state index contributed by atoms with van der Waals surface area (Å²) in [6, 6.07) is 5.34. The van der Waals surface area contributed by atoms with Gasteiger partial charge in [0.2, 0.25) is 0 Å². The van der Waals surface area contributed by atoms with Crippen LogP contribution in [-0.2, 0) is 0 Å². The Morgan fingerprint density at radius 2 is 2.08 bits per heavy atom. The number of hydrogen-bond donors (Lipinski definition) is 1. The predicted octanol–water partition coefficient (Wildman–Crippen LogP) is 3.31. The standard InChI is InChI=1S/C9H5BrINO/c10-6-1-5-2-7(13)3-8(11)9(5)12-4-6/h1-4,13H. The Balaban J connectivity index is 2.86. The number of halogens is 2. The number of benzene rings is 1. The number of phenols is 1. The second-order valence-electron chi connectivity index (χ2n) is 2.65. The van der Waals surface area contributed by atoms with E-state index in [9.17, 15) is 5.11 Å². The third-order valence-electron chi connectivity index (χ3n) is 1.69. The van der Waals surface area contributed by atoms with Crippen LogP contribution in [0, 0.1) is 3.57 Å². The zero-order chi connectivity index (χ0) is 9.42. The van der Waals surface area contributed by atoms with Gasteiger partial charge in [0, 0.05) is 19.6 Å². The molecule has 2 aromatic rings. The number of aromatic nitrogens is 1. The van der Waals surface area contributed by atoms with Crippen molar-refractivity contribution in [2.45, 2.75) is 0 Å². The Morgan fingerprint density at radius 1 is 1.31 bits per heavy atom. The van der Waals surface area contributed by atoms with Gasteiger partial charge in [0.05, 0.1) is 5.52 Å². The van der Waals surface area contributed by atoms with Crippen LogP contribution < -0.4 is 0 Å². The van der Waals surface area contributed by atoms with Crippen LogP contribution >= 0.6 is 38.5 Å². The molecule has 0 atom stereocenters. The third kappa shape index (κ3) is 1.78. The molecule has 1 N–H and O–H groups in total. The lowest BCUT2D eigenvalue weighted by molar-refractivity contribution is 0.476. The average molecular weight is 350 g/mol. The molecule has 1 heterocycles. The van der Waals surface area contributed by atoms with Crippen molar-refractivity contribution >= 4 is 49.4 Å². The number of fused-ring (bicyclic) bond motifs is 1. The maximum Gasteiger partial charge on any atom is 0.117 e. The molecule has 66 valence electrons. The maximum atomic E-state index is 9.35. The summed E-state index contributed by atoms with van der Waals surface area (Å²) in [5, 5.41) is 10.3. The van der Waals surface area contributed by atoms with Crippen molar-refractivity contribution in [2.24, 2.45) is 0 Å². The molecule has 0 bridgehead atoms. The molecule has 0 radical (unpaired) electrons. The van der Waals surface area contributed by atoms with Gasteiger partial charge in [-0.2, -0.15) is 0 Å². The summed E-state index contributed by atoms with van der Waals surface area (Å²) < 4.78 is 1.88. The lowest BCUT2D eigenvalue weighted by atomic mass is 10.2. The van der Waals surface area contributed by atoms with Gasteiger partial charge in [0.15, 0.2) is 0 Å². The molecule has 0 amide bonds. The molecular weight excluding hydrogens is 345 g/mol. The van der Waals surface area contributed by atoms with Crippen LogP contribution in [0.3, 0.4) is 0 Å². The molecule has 13 heavy (non-hydrogen) atoms. The van der Waals surface area contributed by atoms with E-state index in [0.717, 1.165) is 18.9 Å². The highest BCUT2D eigenvalue weighted by Crippen LogP contribution is 2.26. The normalized spacial score (nSPS) is 10.6. The van der Waals surface area contributed by atoms with Crippen LogP contribution in [0.15, 0.2) is 28.9 Å². The van der Waals surface area contributed by atoms with E-state index in [1.165, 1.54) is 0 Å². The molecular formula is C9H5BrINO. The SMILES string of the molecule is Oc1cc(I)c2ncc(Br)cc2c1. The van der Waals surface area contributed by atoms with Crippen molar-refractivity contribution in [2.75, 3.05) is 0 Å². The molecule has 0 aliphatic carbocycles. The fourth-order valence-corrected chi connectivity index (χ4v) is 2.28. The highest BCUT2D eigenvalue weighted by atomic mass is 127. The second-order valence-corrected chi connectivity index (χ2v) is 4.73. The van der Waals surface area contributed by atoms with E-state index in [1.54, 1.807) is 18.3 Å². The summed E-state index contributed by atoms with van der Waals surface area (Å²) in [6.45, 7) is 0. The smallest absolute Gasteiger partial charge is 0.117 e. The Kier molecular flexibility index (Phi) is 2.42. The molecule has 0 spiro atoms. The van der Waals surface area contributed by atoms with Crippen LogP contribution in [0.25, 0.3) is 10.9 Å². The summed E-state index contributed by atoms with van der Waals surface area (Å²) >= 11 is 5.49. The Bertz CT molecular complexity index is 467. The van der Waals surface area contributed by atoms with Crippen molar-refractivity contribution < 1.29 is 5.11 Å². The first-order valence-electron chi connectivity index (χ1n) is 3.60. The van der Waals surface area contributed by atoms with Crippen molar-refractivity contribution in [3.8, 4) is 5.75 Å². The van der Waals surface area contributed by atoms with Gasteiger partial charge in [0.1, 0.15) is 5.75 Å². The minimum atomic E-state index is 0.275. The van der Waals surface area contributed by atoms with Gasteiger partial charge in [-0.1, -0.05) is 0 Å². The van der Waals surface area contributed by atoms with Gasteiger partial charge in [-0.05, 0) is 56.7 Å². The van der Waals surface area contributed by atoms with E-state index in [-0.39, 0.29) is 5.75 Å². The molecule has 0 saturated heterocycles. The average Bonchev–Trinajstić information content (AvgIpc) is 2.02. The molecule has 1 aromatic carbocycles. The fraction of sp³-hybridized carbons (Fsp3) is 0. The first-order valence-corrected chi connectivity index (χ1v) is 5.48. The molecule has 0 unspecified atom stereocenters. The molecule has 0 saturated carbocycles. The molecule has 0 fully saturated rings. The van der Waals surface area contributed by atoms with Gasteiger partial charge in [-0.15, -0.1) is 0 Å². The number of hydrogen-bond acceptors (Lipinski definition) is 2. The van der Waals surface area contributed by atoms with E-state index in [0.29, 0.717) is 0 Å². The van der Waals surface area contributed by atoms with Crippen molar-refractivity contribution in [1.29, 1.82) is 0 Å². The largest absolute Gasteiger partial charge is 0.508 e. The predicted molar refractivity (Wildman–Crippen MR) is 63.8 cm³/mol. The van der Waals surface area contributed by atoms with E-state index < -0.39 is 0 Å². The Labute approximate surface area is 97.3 Å². The van der Waals surface area contributed by atoms with Crippen LogP contribution in [0.5, 0.6) is 5.75 Å². The minimum Gasteiger partial charge on any atom is -0.508 e.